The number of aliphatic hydroxyl groups is 1. The quantitative estimate of drug-likeness (QED) is 0.420. The average molecular weight is 434 g/mol. The molecule has 1 saturated heterocycles. The fraction of sp³-hybridized carbons (Fsp3) is 0.409. The van der Waals surface area contributed by atoms with Gasteiger partial charge < -0.3 is 25.2 Å². The predicted molar refractivity (Wildman–Crippen MR) is 124 cm³/mol. The van der Waals surface area contributed by atoms with Crippen molar-refractivity contribution in [1.29, 1.82) is 0 Å². The minimum absolute atomic E-state index is 0.418. The summed E-state index contributed by atoms with van der Waals surface area (Å²) in [6.07, 6.45) is 7.01. The number of hydrogen-bond acceptors (Lipinski definition) is 9. The lowest BCUT2D eigenvalue weighted by Crippen LogP contribution is -2.41. The van der Waals surface area contributed by atoms with Gasteiger partial charge in [0.2, 0.25) is 5.95 Å². The first-order valence-corrected chi connectivity index (χ1v) is 10.9. The van der Waals surface area contributed by atoms with Crippen molar-refractivity contribution in [2.24, 2.45) is 0 Å². The Labute approximate surface area is 185 Å². The molecule has 32 heavy (non-hydrogen) atoms. The zero-order valence-corrected chi connectivity index (χ0v) is 18.2. The number of aliphatic hydroxyl groups excluding tert-OH is 1. The van der Waals surface area contributed by atoms with Gasteiger partial charge in [-0.25, -0.2) is 4.98 Å². The molecular weight excluding hydrogens is 406 g/mol. The Morgan fingerprint density at radius 3 is 2.69 bits per heavy atom. The molecule has 10 heteroatoms. The van der Waals surface area contributed by atoms with E-state index in [2.05, 4.69) is 35.7 Å². The van der Waals surface area contributed by atoms with Crippen molar-refractivity contribution in [3.8, 4) is 0 Å². The summed E-state index contributed by atoms with van der Waals surface area (Å²) in [5.74, 6) is 1.89. The van der Waals surface area contributed by atoms with E-state index >= 15 is 0 Å². The standard InChI is InChI=1S/C22H27N9O/c1-14(32)13-31-18-12-24-8-5-16(18)17-11-25-22(27-21(17)31)26-19-3-4-20(29-28-19)30-9-6-15(23-2)7-10-30/h3-5,8,11-12,14-15,23,32H,6-7,9-10,13H2,1-2H3,(H,25,26,27,28)/t14-/m1/s1. The van der Waals surface area contributed by atoms with Gasteiger partial charge in [-0.15, -0.1) is 10.2 Å². The Balaban J connectivity index is 1.39. The minimum Gasteiger partial charge on any atom is -0.392 e. The van der Waals surface area contributed by atoms with E-state index in [1.165, 1.54) is 0 Å². The fourth-order valence-electron chi connectivity index (χ4n) is 4.29. The molecule has 10 nitrogen and oxygen atoms in total. The SMILES string of the molecule is CNC1CCN(c2ccc(Nc3ncc4c5ccncc5n(C[C@@H](C)O)c4n3)nn2)CC1. The van der Waals surface area contributed by atoms with Gasteiger partial charge in [0, 0.05) is 42.3 Å². The first kappa shape index (κ1) is 20.5. The largest absolute Gasteiger partial charge is 0.392 e. The van der Waals surface area contributed by atoms with Crippen molar-refractivity contribution in [2.75, 3.05) is 30.4 Å². The van der Waals surface area contributed by atoms with Crippen LogP contribution in [-0.2, 0) is 6.54 Å². The molecule has 0 unspecified atom stereocenters. The number of fused-ring (bicyclic) bond motifs is 3. The fourth-order valence-corrected chi connectivity index (χ4v) is 4.29. The monoisotopic (exact) mass is 433 g/mol. The number of hydrogen-bond donors (Lipinski definition) is 3. The van der Waals surface area contributed by atoms with Crippen LogP contribution in [0.4, 0.5) is 17.6 Å². The molecule has 4 aromatic rings. The van der Waals surface area contributed by atoms with Crippen molar-refractivity contribution in [1.82, 2.24) is 35.0 Å². The van der Waals surface area contributed by atoms with E-state index in [0.29, 0.717) is 24.4 Å². The Bertz CT molecular complexity index is 1210. The van der Waals surface area contributed by atoms with Crippen molar-refractivity contribution >= 4 is 39.5 Å². The molecule has 4 aromatic heterocycles. The molecule has 0 saturated carbocycles. The van der Waals surface area contributed by atoms with E-state index in [-0.39, 0.29) is 0 Å². The summed E-state index contributed by atoms with van der Waals surface area (Å²) in [6, 6.07) is 6.39. The van der Waals surface area contributed by atoms with Crippen LogP contribution in [0.1, 0.15) is 19.8 Å². The predicted octanol–water partition coefficient (Wildman–Crippen LogP) is 2.08. The normalized spacial score (nSPS) is 16.0. The van der Waals surface area contributed by atoms with Crippen molar-refractivity contribution in [2.45, 2.75) is 38.5 Å². The van der Waals surface area contributed by atoms with Gasteiger partial charge in [0.15, 0.2) is 11.6 Å². The first-order valence-electron chi connectivity index (χ1n) is 10.9. The van der Waals surface area contributed by atoms with Crippen LogP contribution in [0.5, 0.6) is 0 Å². The molecule has 5 rings (SSSR count). The molecule has 0 aliphatic carbocycles. The van der Waals surface area contributed by atoms with Gasteiger partial charge in [-0.1, -0.05) is 0 Å². The van der Waals surface area contributed by atoms with Crippen LogP contribution in [-0.4, -0.2) is 67.1 Å². The lowest BCUT2D eigenvalue weighted by atomic mass is 10.1. The molecule has 3 N–H and O–H groups in total. The Morgan fingerprint density at radius 1 is 1.12 bits per heavy atom. The van der Waals surface area contributed by atoms with Crippen molar-refractivity contribution < 1.29 is 5.11 Å². The summed E-state index contributed by atoms with van der Waals surface area (Å²) in [7, 11) is 2.01. The smallest absolute Gasteiger partial charge is 0.230 e. The molecule has 1 aliphatic heterocycles. The van der Waals surface area contributed by atoms with Gasteiger partial charge in [0.1, 0.15) is 5.65 Å². The van der Waals surface area contributed by atoms with E-state index in [4.69, 9.17) is 4.98 Å². The van der Waals surface area contributed by atoms with Crippen LogP contribution in [0.3, 0.4) is 0 Å². The molecule has 166 valence electrons. The summed E-state index contributed by atoms with van der Waals surface area (Å²) >= 11 is 0. The maximum absolute atomic E-state index is 9.98. The minimum atomic E-state index is -0.517. The van der Waals surface area contributed by atoms with E-state index in [9.17, 15) is 5.11 Å². The molecule has 0 bridgehead atoms. The summed E-state index contributed by atoms with van der Waals surface area (Å²) in [6.45, 7) is 4.11. The number of nitrogens with zero attached hydrogens (tertiary/aromatic N) is 7. The Morgan fingerprint density at radius 2 is 1.97 bits per heavy atom. The maximum Gasteiger partial charge on any atom is 0.230 e. The molecule has 1 fully saturated rings. The molecule has 0 spiro atoms. The number of nitrogens with one attached hydrogen (secondary N) is 2. The van der Waals surface area contributed by atoms with E-state index in [1.54, 1.807) is 25.5 Å². The Kier molecular flexibility index (Phi) is 5.54. The number of aromatic nitrogens is 6. The Hall–Kier alpha value is -3.37. The van der Waals surface area contributed by atoms with Gasteiger partial charge in [-0.3, -0.25) is 4.98 Å². The van der Waals surface area contributed by atoms with Crippen molar-refractivity contribution in [3.05, 3.63) is 36.8 Å². The molecule has 5 heterocycles. The highest BCUT2D eigenvalue weighted by atomic mass is 16.3. The van der Waals surface area contributed by atoms with Gasteiger partial charge in [-0.05, 0) is 45.0 Å². The summed E-state index contributed by atoms with van der Waals surface area (Å²) in [4.78, 5) is 15.7. The van der Waals surface area contributed by atoms with Gasteiger partial charge >= 0.3 is 0 Å². The van der Waals surface area contributed by atoms with E-state index < -0.39 is 6.10 Å². The van der Waals surface area contributed by atoms with Crippen LogP contribution in [0.25, 0.3) is 21.9 Å². The van der Waals surface area contributed by atoms with Crippen LogP contribution < -0.4 is 15.5 Å². The maximum atomic E-state index is 9.98. The molecule has 0 amide bonds. The van der Waals surface area contributed by atoms with Gasteiger partial charge in [-0.2, -0.15) is 4.98 Å². The number of anilines is 3. The second kappa shape index (κ2) is 8.64. The lowest BCUT2D eigenvalue weighted by molar-refractivity contribution is 0.176. The molecule has 0 radical (unpaired) electrons. The third-order valence-electron chi connectivity index (χ3n) is 5.97. The topological polar surface area (TPSA) is 117 Å². The second-order valence-electron chi connectivity index (χ2n) is 8.24. The average Bonchev–Trinajstić information content (AvgIpc) is 3.12. The zero-order chi connectivity index (χ0) is 22.1. The molecule has 1 aliphatic rings. The third-order valence-corrected chi connectivity index (χ3v) is 5.97. The third kappa shape index (κ3) is 3.94. The molecule has 1 atom stereocenters. The van der Waals surface area contributed by atoms with Crippen LogP contribution >= 0.6 is 0 Å². The van der Waals surface area contributed by atoms with Crippen molar-refractivity contribution in [3.63, 3.8) is 0 Å². The highest BCUT2D eigenvalue weighted by Crippen LogP contribution is 2.28. The second-order valence-corrected chi connectivity index (χ2v) is 8.24. The summed E-state index contributed by atoms with van der Waals surface area (Å²) in [5, 5.41) is 27.1. The van der Waals surface area contributed by atoms with E-state index in [1.807, 2.05) is 29.8 Å². The molecular formula is C22H27N9O. The van der Waals surface area contributed by atoms with E-state index in [0.717, 1.165) is 53.7 Å². The zero-order valence-electron chi connectivity index (χ0n) is 18.2. The highest BCUT2D eigenvalue weighted by molar-refractivity contribution is 6.06. The number of piperidine rings is 1. The number of rotatable bonds is 6. The number of pyridine rings is 1. The highest BCUT2D eigenvalue weighted by Gasteiger charge is 2.19. The molecule has 0 aromatic carbocycles. The summed E-state index contributed by atoms with van der Waals surface area (Å²) < 4.78 is 1.97. The van der Waals surface area contributed by atoms with Gasteiger partial charge in [0.05, 0.1) is 24.4 Å². The van der Waals surface area contributed by atoms with Crippen LogP contribution in [0.2, 0.25) is 0 Å². The summed E-state index contributed by atoms with van der Waals surface area (Å²) in [5.41, 5.74) is 1.66. The lowest BCUT2D eigenvalue weighted by Gasteiger charge is -2.32. The van der Waals surface area contributed by atoms with Gasteiger partial charge in [0.25, 0.3) is 0 Å². The van der Waals surface area contributed by atoms with Crippen LogP contribution in [0, 0.1) is 0 Å². The first-order chi connectivity index (χ1) is 15.6. The van der Waals surface area contributed by atoms with Crippen LogP contribution in [0.15, 0.2) is 36.8 Å².